The summed E-state index contributed by atoms with van der Waals surface area (Å²) in [5, 5.41) is 0.810. The Morgan fingerprint density at radius 1 is 1.40 bits per heavy atom. The first-order chi connectivity index (χ1) is 12.2. The van der Waals surface area contributed by atoms with E-state index in [1.807, 2.05) is 11.8 Å². The molecule has 0 unspecified atom stereocenters. The zero-order chi connectivity index (χ0) is 17.4. The van der Waals surface area contributed by atoms with Crippen molar-refractivity contribution in [2.75, 3.05) is 12.3 Å². The second kappa shape index (κ2) is 7.11. The van der Waals surface area contributed by atoms with Crippen molar-refractivity contribution in [3.8, 4) is 0 Å². The molecule has 134 valence electrons. The van der Waals surface area contributed by atoms with Gasteiger partial charge in [-0.25, -0.2) is 4.98 Å². The summed E-state index contributed by atoms with van der Waals surface area (Å²) in [7, 11) is 0. The van der Waals surface area contributed by atoms with E-state index < -0.39 is 0 Å². The Hall–Kier alpha value is -1.34. The number of aryl methyl sites for hydroxylation is 2. The van der Waals surface area contributed by atoms with Gasteiger partial charge in [-0.05, 0) is 44.6 Å². The molecule has 0 radical (unpaired) electrons. The molecule has 0 bridgehead atoms. The summed E-state index contributed by atoms with van der Waals surface area (Å²) in [6, 6.07) is 0.490. The van der Waals surface area contributed by atoms with Crippen molar-refractivity contribution < 1.29 is 4.79 Å². The molecule has 0 aliphatic heterocycles. The Balaban J connectivity index is 1.35. The maximum Gasteiger partial charge on any atom is 0.259 e. The van der Waals surface area contributed by atoms with E-state index in [1.165, 1.54) is 10.4 Å². The fourth-order valence-corrected chi connectivity index (χ4v) is 5.69. The van der Waals surface area contributed by atoms with Crippen molar-refractivity contribution in [1.82, 2.24) is 14.9 Å². The molecule has 2 aromatic rings. The number of aromatic nitrogens is 2. The molecular weight excluding hydrogens is 354 g/mol. The number of thioether (sulfide) groups is 1. The lowest BCUT2D eigenvalue weighted by molar-refractivity contribution is -0.131. The Morgan fingerprint density at radius 2 is 2.24 bits per heavy atom. The highest BCUT2D eigenvalue weighted by molar-refractivity contribution is 7.98. The number of aromatic amines is 1. The number of nitrogens with one attached hydrogen (secondary N) is 1. The summed E-state index contributed by atoms with van der Waals surface area (Å²) in [6.07, 6.45) is 6.11. The normalized spacial score (nSPS) is 16.4. The number of nitrogens with zero attached hydrogens (tertiary/aromatic N) is 2. The van der Waals surface area contributed by atoms with Gasteiger partial charge in [-0.1, -0.05) is 0 Å². The summed E-state index contributed by atoms with van der Waals surface area (Å²) < 4.78 is 0. The van der Waals surface area contributed by atoms with Crippen molar-refractivity contribution in [3.05, 3.63) is 26.6 Å². The topological polar surface area (TPSA) is 66.1 Å². The molecule has 5 nitrogen and oxygen atoms in total. The molecule has 0 spiro atoms. The number of amides is 1. The van der Waals surface area contributed by atoms with Crippen LogP contribution in [-0.2, 0) is 23.4 Å². The number of carbonyl (C=O) groups excluding carboxylic acids is 1. The van der Waals surface area contributed by atoms with Crippen LogP contribution >= 0.6 is 23.1 Å². The monoisotopic (exact) mass is 377 g/mol. The van der Waals surface area contributed by atoms with Gasteiger partial charge < -0.3 is 9.88 Å². The van der Waals surface area contributed by atoms with Crippen LogP contribution in [0.3, 0.4) is 0 Å². The fourth-order valence-electron chi connectivity index (χ4n) is 3.61. The molecule has 0 aromatic carbocycles. The van der Waals surface area contributed by atoms with Crippen LogP contribution in [0.25, 0.3) is 10.2 Å². The Kier molecular flexibility index (Phi) is 4.86. The third-order valence-corrected chi connectivity index (χ3v) is 7.13. The highest BCUT2D eigenvalue weighted by atomic mass is 32.2. The highest BCUT2D eigenvalue weighted by Crippen LogP contribution is 2.34. The summed E-state index contributed by atoms with van der Waals surface area (Å²) in [5.41, 5.74) is 1.22. The molecule has 7 heteroatoms. The van der Waals surface area contributed by atoms with E-state index in [2.05, 4.69) is 9.97 Å². The van der Waals surface area contributed by atoms with Crippen LogP contribution in [0.1, 0.15) is 48.9 Å². The maximum absolute atomic E-state index is 12.4. The Morgan fingerprint density at radius 3 is 3.00 bits per heavy atom. The van der Waals surface area contributed by atoms with E-state index >= 15 is 0 Å². The van der Waals surface area contributed by atoms with Gasteiger partial charge in [0, 0.05) is 29.6 Å². The average molecular weight is 378 g/mol. The highest BCUT2D eigenvalue weighted by Gasteiger charge is 2.30. The standard InChI is InChI=1S/C18H23N3O2S2/c1-2-21(11-6-7-11)15(22)8-9-24-10-14-19-17(23)16-12-4-3-5-13(12)25-18(16)20-14/h11H,2-10H2,1H3,(H,19,20,23). The van der Waals surface area contributed by atoms with Crippen LogP contribution in [0, 0.1) is 0 Å². The smallest absolute Gasteiger partial charge is 0.259 e. The molecule has 25 heavy (non-hydrogen) atoms. The van der Waals surface area contributed by atoms with Gasteiger partial charge in [0.15, 0.2) is 0 Å². The first kappa shape index (κ1) is 17.1. The quantitative estimate of drug-likeness (QED) is 0.753. The van der Waals surface area contributed by atoms with E-state index in [0.29, 0.717) is 18.2 Å². The molecule has 2 aliphatic rings. The molecule has 2 aromatic heterocycles. The molecule has 2 heterocycles. The SMILES string of the molecule is CCN(C(=O)CCSCc1nc2sc3c(c2c(=O)[nH]1)CCC3)C1CC1. The van der Waals surface area contributed by atoms with Gasteiger partial charge in [-0.15, -0.1) is 11.3 Å². The Bertz CT molecular complexity index is 854. The van der Waals surface area contributed by atoms with Crippen LogP contribution in [0.5, 0.6) is 0 Å². The van der Waals surface area contributed by atoms with E-state index in [0.717, 1.165) is 60.4 Å². The predicted molar refractivity (Wildman–Crippen MR) is 103 cm³/mol. The van der Waals surface area contributed by atoms with Crippen molar-refractivity contribution >= 4 is 39.2 Å². The van der Waals surface area contributed by atoms with Crippen molar-refractivity contribution in [2.45, 2.75) is 57.2 Å². The zero-order valence-electron chi connectivity index (χ0n) is 14.5. The van der Waals surface area contributed by atoms with E-state index in [4.69, 9.17) is 0 Å². The second-order valence-corrected chi connectivity index (χ2v) is 8.95. The molecule has 0 saturated heterocycles. The number of hydrogen-bond acceptors (Lipinski definition) is 5. The molecule has 1 amide bonds. The molecule has 1 N–H and O–H groups in total. The van der Waals surface area contributed by atoms with Gasteiger partial charge >= 0.3 is 0 Å². The first-order valence-electron chi connectivity index (χ1n) is 9.08. The minimum Gasteiger partial charge on any atom is -0.340 e. The number of fused-ring (bicyclic) bond motifs is 3. The third-order valence-electron chi connectivity index (χ3n) is 4.97. The first-order valence-corrected chi connectivity index (χ1v) is 11.0. The van der Waals surface area contributed by atoms with Crippen LogP contribution in [-0.4, -0.2) is 39.1 Å². The van der Waals surface area contributed by atoms with Crippen molar-refractivity contribution in [3.63, 3.8) is 0 Å². The second-order valence-electron chi connectivity index (χ2n) is 6.76. The molecule has 0 atom stereocenters. The predicted octanol–water partition coefficient (Wildman–Crippen LogP) is 3.11. The maximum atomic E-state index is 12.4. The third kappa shape index (κ3) is 3.49. The number of rotatable bonds is 7. The molecule has 1 fully saturated rings. The number of hydrogen-bond donors (Lipinski definition) is 1. The van der Waals surface area contributed by atoms with Gasteiger partial charge in [0.25, 0.3) is 5.56 Å². The van der Waals surface area contributed by atoms with Crippen LogP contribution < -0.4 is 5.56 Å². The minimum absolute atomic E-state index is 0.00182. The number of H-pyrrole nitrogens is 1. The average Bonchev–Trinajstić information content (AvgIpc) is 3.20. The molecular formula is C18H23N3O2S2. The molecule has 1 saturated carbocycles. The number of thiophene rings is 1. The van der Waals surface area contributed by atoms with Gasteiger partial charge in [0.05, 0.1) is 11.1 Å². The Labute approximate surface area is 155 Å². The van der Waals surface area contributed by atoms with E-state index in [9.17, 15) is 9.59 Å². The largest absolute Gasteiger partial charge is 0.340 e. The van der Waals surface area contributed by atoms with Gasteiger partial charge in [-0.2, -0.15) is 11.8 Å². The van der Waals surface area contributed by atoms with Gasteiger partial charge in [0.2, 0.25) is 5.91 Å². The van der Waals surface area contributed by atoms with Crippen molar-refractivity contribution in [2.24, 2.45) is 0 Å². The van der Waals surface area contributed by atoms with E-state index in [-0.39, 0.29) is 11.5 Å². The van der Waals surface area contributed by atoms with Crippen LogP contribution in [0.15, 0.2) is 4.79 Å². The lowest BCUT2D eigenvalue weighted by atomic mass is 10.2. The van der Waals surface area contributed by atoms with Crippen LogP contribution in [0.4, 0.5) is 0 Å². The summed E-state index contributed by atoms with van der Waals surface area (Å²) in [6.45, 7) is 2.86. The lowest BCUT2D eigenvalue weighted by Crippen LogP contribution is -2.32. The summed E-state index contributed by atoms with van der Waals surface area (Å²) in [4.78, 5) is 36.4. The summed E-state index contributed by atoms with van der Waals surface area (Å²) >= 11 is 3.34. The fraction of sp³-hybridized carbons (Fsp3) is 0.611. The number of carbonyl (C=O) groups is 1. The van der Waals surface area contributed by atoms with Gasteiger partial charge in [-0.3, -0.25) is 9.59 Å². The lowest BCUT2D eigenvalue weighted by Gasteiger charge is -2.20. The summed E-state index contributed by atoms with van der Waals surface area (Å²) in [5.74, 6) is 2.40. The molecule has 4 rings (SSSR count). The molecule has 2 aliphatic carbocycles. The van der Waals surface area contributed by atoms with Gasteiger partial charge in [0.1, 0.15) is 10.7 Å². The minimum atomic E-state index is 0.00182. The zero-order valence-corrected chi connectivity index (χ0v) is 16.1. The van der Waals surface area contributed by atoms with Crippen molar-refractivity contribution in [1.29, 1.82) is 0 Å². The van der Waals surface area contributed by atoms with Crippen LogP contribution in [0.2, 0.25) is 0 Å². The van der Waals surface area contributed by atoms with E-state index in [1.54, 1.807) is 23.1 Å².